The molecule has 7 heteroatoms. The lowest BCUT2D eigenvalue weighted by atomic mass is 9.83. The molecule has 33 heavy (non-hydrogen) atoms. The van der Waals surface area contributed by atoms with Crippen LogP contribution in [0.15, 0.2) is 42.0 Å². The van der Waals surface area contributed by atoms with E-state index in [1.807, 2.05) is 6.92 Å². The smallest absolute Gasteiger partial charge is 0.328 e. The largest absolute Gasteiger partial charge is 0.508 e. The molecule has 2 N–H and O–H groups in total. The molecular weight excluding hydrogens is 431 g/mol. The van der Waals surface area contributed by atoms with E-state index >= 15 is 8.78 Å². The molecule has 2 atom stereocenters. The molecule has 1 aliphatic carbocycles. The first-order valence-corrected chi connectivity index (χ1v) is 10.8. The highest BCUT2D eigenvalue weighted by atomic mass is 19.1. The van der Waals surface area contributed by atoms with Gasteiger partial charge in [-0.2, -0.15) is 0 Å². The van der Waals surface area contributed by atoms with Crippen LogP contribution in [-0.4, -0.2) is 39.3 Å². The summed E-state index contributed by atoms with van der Waals surface area (Å²) >= 11 is 0. The summed E-state index contributed by atoms with van der Waals surface area (Å²) in [6.07, 6.45) is 2.96. The van der Waals surface area contributed by atoms with E-state index in [2.05, 4.69) is 0 Å². The van der Waals surface area contributed by atoms with Crippen LogP contribution < -0.4 is 0 Å². The van der Waals surface area contributed by atoms with Gasteiger partial charge in [-0.3, -0.25) is 4.90 Å². The third kappa shape index (κ3) is 4.55. The van der Waals surface area contributed by atoms with Crippen LogP contribution in [0.1, 0.15) is 55.5 Å². The number of alkyl halides is 1. The first-order valence-electron chi connectivity index (χ1n) is 10.8. The minimum Gasteiger partial charge on any atom is -0.508 e. The van der Waals surface area contributed by atoms with E-state index in [1.54, 1.807) is 23.1 Å². The first kappa shape index (κ1) is 23.1. The van der Waals surface area contributed by atoms with Gasteiger partial charge in [0.2, 0.25) is 0 Å². The monoisotopic (exact) mass is 457 g/mol. The van der Waals surface area contributed by atoms with Gasteiger partial charge < -0.3 is 10.2 Å². The number of carboxylic acids is 1. The SMILES string of the molecule is C[C@H]1CC2=C(Cc3ccc(O)cc32)[C@H](c2c(F)cc(/C=C/C(=O)O)cc2F)N1CC(C)(C)F. The van der Waals surface area contributed by atoms with Crippen LogP contribution in [0.25, 0.3) is 11.6 Å². The van der Waals surface area contributed by atoms with Gasteiger partial charge in [0.15, 0.2) is 0 Å². The Balaban J connectivity index is 1.87. The van der Waals surface area contributed by atoms with Crippen LogP contribution in [0.2, 0.25) is 0 Å². The van der Waals surface area contributed by atoms with E-state index in [-0.39, 0.29) is 29.5 Å². The summed E-state index contributed by atoms with van der Waals surface area (Å²) < 4.78 is 45.6. The number of aromatic hydroxyl groups is 1. The summed E-state index contributed by atoms with van der Waals surface area (Å²) in [5.74, 6) is -2.73. The standard InChI is InChI=1S/C26H26F3NO3/c1-14-8-19-18-12-17(31)6-5-16(18)11-20(19)25(30(14)13-26(2,3)29)24-21(27)9-15(10-22(24)28)4-7-23(32)33/h4-7,9-10,12,14,25,31H,8,11,13H2,1-3H3,(H,32,33)/b7-4+/t14-,25+/m0/s1. The molecule has 0 saturated heterocycles. The van der Waals surface area contributed by atoms with Crippen molar-refractivity contribution in [2.45, 2.75) is 51.4 Å². The number of hydrogen-bond acceptors (Lipinski definition) is 3. The number of carboxylic acid groups (broad SMARTS) is 1. The van der Waals surface area contributed by atoms with Crippen molar-refractivity contribution >= 4 is 17.6 Å². The Labute approximate surface area is 190 Å². The minimum absolute atomic E-state index is 0.0171. The molecule has 0 spiro atoms. The van der Waals surface area contributed by atoms with Gasteiger partial charge in [0.05, 0.1) is 6.04 Å². The predicted molar refractivity (Wildman–Crippen MR) is 120 cm³/mol. The van der Waals surface area contributed by atoms with Gasteiger partial charge >= 0.3 is 5.97 Å². The Morgan fingerprint density at radius 2 is 1.88 bits per heavy atom. The molecule has 174 valence electrons. The van der Waals surface area contributed by atoms with Crippen molar-refractivity contribution in [2.75, 3.05) is 6.54 Å². The van der Waals surface area contributed by atoms with Crippen molar-refractivity contribution in [3.8, 4) is 5.75 Å². The molecule has 4 rings (SSSR count). The second-order valence-corrected chi connectivity index (χ2v) is 9.44. The Hall–Kier alpha value is -3.06. The van der Waals surface area contributed by atoms with Gasteiger partial charge in [-0.25, -0.2) is 18.0 Å². The highest BCUT2D eigenvalue weighted by Gasteiger charge is 2.43. The third-order valence-electron chi connectivity index (χ3n) is 6.27. The van der Waals surface area contributed by atoms with E-state index in [0.29, 0.717) is 12.8 Å². The fourth-order valence-electron chi connectivity index (χ4n) is 5.00. The number of benzene rings is 2. The lowest BCUT2D eigenvalue weighted by Gasteiger charge is -2.44. The fraction of sp³-hybridized carbons (Fsp3) is 0.346. The number of halogens is 3. The molecule has 0 aromatic heterocycles. The molecular formula is C26H26F3NO3. The van der Waals surface area contributed by atoms with E-state index in [0.717, 1.165) is 46.6 Å². The van der Waals surface area contributed by atoms with Crippen molar-refractivity contribution in [2.24, 2.45) is 0 Å². The van der Waals surface area contributed by atoms with Crippen LogP contribution in [0, 0.1) is 11.6 Å². The third-order valence-corrected chi connectivity index (χ3v) is 6.27. The summed E-state index contributed by atoms with van der Waals surface area (Å²) in [5.41, 5.74) is 1.87. The van der Waals surface area contributed by atoms with Crippen molar-refractivity contribution in [3.63, 3.8) is 0 Å². The van der Waals surface area contributed by atoms with Crippen molar-refractivity contribution in [1.29, 1.82) is 0 Å². The molecule has 0 amide bonds. The number of phenolic OH excluding ortho intramolecular Hbond substituents is 1. The number of phenols is 1. The van der Waals surface area contributed by atoms with Gasteiger partial charge in [0.1, 0.15) is 23.1 Å². The topological polar surface area (TPSA) is 60.8 Å². The maximum Gasteiger partial charge on any atom is 0.328 e. The van der Waals surface area contributed by atoms with Crippen LogP contribution in [0.5, 0.6) is 5.75 Å². The Morgan fingerprint density at radius 3 is 2.48 bits per heavy atom. The number of rotatable bonds is 5. The maximum atomic E-state index is 15.4. The number of carbonyl (C=O) groups is 1. The number of hydrogen-bond donors (Lipinski definition) is 2. The molecule has 2 aromatic rings. The van der Waals surface area contributed by atoms with Crippen molar-refractivity contribution < 1.29 is 28.2 Å². The number of fused-ring (bicyclic) bond motifs is 2. The van der Waals surface area contributed by atoms with Gasteiger partial charge in [0, 0.05) is 24.2 Å². The van der Waals surface area contributed by atoms with Gasteiger partial charge in [0.25, 0.3) is 0 Å². The molecule has 4 nitrogen and oxygen atoms in total. The maximum absolute atomic E-state index is 15.4. The fourth-order valence-corrected chi connectivity index (χ4v) is 5.00. The van der Waals surface area contributed by atoms with Crippen LogP contribution in [0.3, 0.4) is 0 Å². The average Bonchev–Trinajstić information content (AvgIpc) is 3.04. The van der Waals surface area contributed by atoms with Crippen molar-refractivity contribution in [3.05, 3.63) is 75.9 Å². The summed E-state index contributed by atoms with van der Waals surface area (Å²) in [6.45, 7) is 4.77. The summed E-state index contributed by atoms with van der Waals surface area (Å²) in [4.78, 5) is 12.6. The van der Waals surface area contributed by atoms with Crippen LogP contribution in [0.4, 0.5) is 13.2 Å². The molecule has 0 bridgehead atoms. The summed E-state index contributed by atoms with van der Waals surface area (Å²) in [5, 5.41) is 18.8. The zero-order chi connectivity index (χ0) is 24.1. The molecule has 0 saturated carbocycles. The lowest BCUT2D eigenvalue weighted by Crippen LogP contribution is -2.47. The van der Waals surface area contributed by atoms with Gasteiger partial charge in [-0.15, -0.1) is 0 Å². The quantitative estimate of drug-likeness (QED) is 0.569. The van der Waals surface area contributed by atoms with Gasteiger partial charge in [-0.1, -0.05) is 6.07 Å². The number of aliphatic carboxylic acids is 1. The molecule has 0 radical (unpaired) electrons. The average molecular weight is 457 g/mol. The molecule has 2 aliphatic rings. The van der Waals surface area contributed by atoms with Crippen LogP contribution >= 0.6 is 0 Å². The highest BCUT2D eigenvalue weighted by Crippen LogP contribution is 2.50. The Bertz CT molecular complexity index is 1160. The van der Waals surface area contributed by atoms with E-state index in [4.69, 9.17) is 5.11 Å². The van der Waals surface area contributed by atoms with E-state index < -0.39 is 29.3 Å². The second-order valence-electron chi connectivity index (χ2n) is 9.44. The number of nitrogens with zero attached hydrogens (tertiary/aromatic N) is 1. The molecule has 0 fully saturated rings. The Morgan fingerprint density at radius 1 is 1.21 bits per heavy atom. The molecule has 1 aliphatic heterocycles. The lowest BCUT2D eigenvalue weighted by molar-refractivity contribution is -0.131. The second kappa shape index (κ2) is 8.37. The van der Waals surface area contributed by atoms with E-state index in [1.165, 1.54) is 13.8 Å². The van der Waals surface area contributed by atoms with Gasteiger partial charge in [-0.05, 0) is 91.8 Å². The summed E-state index contributed by atoms with van der Waals surface area (Å²) in [7, 11) is 0. The first-order chi connectivity index (χ1) is 15.4. The molecule has 0 unspecified atom stereocenters. The van der Waals surface area contributed by atoms with Crippen molar-refractivity contribution in [1.82, 2.24) is 4.90 Å². The highest BCUT2D eigenvalue weighted by molar-refractivity contribution is 5.85. The normalized spacial score (nSPS) is 20.9. The minimum atomic E-state index is -1.59. The summed E-state index contributed by atoms with van der Waals surface area (Å²) in [6, 6.07) is 6.23. The predicted octanol–water partition coefficient (Wildman–Crippen LogP) is 5.66. The van der Waals surface area contributed by atoms with E-state index in [9.17, 15) is 14.3 Å². The van der Waals surface area contributed by atoms with Crippen LogP contribution in [-0.2, 0) is 11.2 Å². The molecule has 1 heterocycles. The zero-order valence-electron chi connectivity index (χ0n) is 18.7. The zero-order valence-corrected chi connectivity index (χ0v) is 18.7. The molecule has 2 aromatic carbocycles. The Kier molecular flexibility index (Phi) is 5.86.